The zero-order valence-electron chi connectivity index (χ0n) is 12.6. The van der Waals surface area contributed by atoms with E-state index in [4.69, 9.17) is 38.4 Å². The van der Waals surface area contributed by atoms with Gasteiger partial charge < -0.3 is 15.2 Å². The number of hydrogen-bond acceptors (Lipinski definition) is 4. The average Bonchev–Trinajstić information content (AvgIpc) is 2.52. The van der Waals surface area contributed by atoms with Crippen LogP contribution in [0.1, 0.15) is 12.5 Å². The third-order valence-electron chi connectivity index (χ3n) is 3.09. The van der Waals surface area contributed by atoms with Gasteiger partial charge in [-0.3, -0.25) is 4.79 Å². The average molecular weight is 354 g/mol. The molecule has 0 fully saturated rings. The molecule has 0 aliphatic carbocycles. The van der Waals surface area contributed by atoms with Crippen molar-refractivity contribution in [2.24, 2.45) is 5.73 Å². The molecule has 2 aromatic rings. The second-order valence-electron chi connectivity index (χ2n) is 4.88. The number of carbonyl (C=O) groups excluding carboxylic acids is 1. The highest BCUT2D eigenvalue weighted by molar-refractivity contribution is 6.35. The van der Waals surface area contributed by atoms with E-state index in [1.807, 2.05) is 12.1 Å². The van der Waals surface area contributed by atoms with E-state index in [2.05, 4.69) is 0 Å². The minimum atomic E-state index is -0.674. The lowest BCUT2D eigenvalue weighted by atomic mass is 10.1. The molecule has 4 nitrogen and oxygen atoms in total. The molecule has 0 saturated carbocycles. The van der Waals surface area contributed by atoms with E-state index in [9.17, 15) is 4.79 Å². The third-order valence-corrected chi connectivity index (χ3v) is 3.62. The van der Waals surface area contributed by atoms with E-state index in [-0.39, 0.29) is 0 Å². The molecule has 0 saturated heterocycles. The molecule has 0 aliphatic heterocycles. The van der Waals surface area contributed by atoms with Gasteiger partial charge in [0.05, 0.1) is 11.6 Å². The molecule has 0 bridgehead atoms. The highest BCUT2D eigenvalue weighted by Gasteiger charge is 2.15. The Balaban J connectivity index is 2.00. The number of ether oxygens (including phenoxy) is 2. The molecule has 122 valence electrons. The maximum Gasteiger partial charge on any atom is 0.323 e. The van der Waals surface area contributed by atoms with Crippen LogP contribution in [0.2, 0.25) is 10.0 Å². The summed E-state index contributed by atoms with van der Waals surface area (Å²) in [5.41, 5.74) is 6.71. The summed E-state index contributed by atoms with van der Waals surface area (Å²) in [4.78, 5) is 11.5. The third kappa shape index (κ3) is 5.13. The van der Waals surface area contributed by atoms with E-state index in [0.29, 0.717) is 34.6 Å². The lowest BCUT2D eigenvalue weighted by Gasteiger charge is -2.11. The van der Waals surface area contributed by atoms with E-state index in [1.54, 1.807) is 37.3 Å². The molecule has 2 aromatic carbocycles. The van der Waals surface area contributed by atoms with Gasteiger partial charge in [0.15, 0.2) is 0 Å². The highest BCUT2D eigenvalue weighted by Crippen LogP contribution is 2.31. The van der Waals surface area contributed by atoms with Gasteiger partial charge in [0.1, 0.15) is 17.5 Å². The molecule has 23 heavy (non-hydrogen) atoms. The van der Waals surface area contributed by atoms with Crippen molar-refractivity contribution in [3.05, 3.63) is 58.1 Å². The summed E-state index contributed by atoms with van der Waals surface area (Å²) < 4.78 is 10.6. The molecule has 1 atom stereocenters. The van der Waals surface area contributed by atoms with Gasteiger partial charge in [-0.1, -0.05) is 35.3 Å². The minimum absolute atomic E-state index is 0.321. The number of carbonyl (C=O) groups is 1. The molecule has 1 unspecified atom stereocenters. The number of halogens is 2. The fourth-order valence-corrected chi connectivity index (χ4v) is 2.41. The summed E-state index contributed by atoms with van der Waals surface area (Å²) in [6, 6.07) is 11.6. The first-order valence-corrected chi connectivity index (χ1v) is 7.89. The number of esters is 1. The van der Waals surface area contributed by atoms with Crippen molar-refractivity contribution in [2.45, 2.75) is 19.4 Å². The van der Waals surface area contributed by atoms with Crippen molar-refractivity contribution < 1.29 is 14.3 Å². The zero-order chi connectivity index (χ0) is 16.8. The van der Waals surface area contributed by atoms with Crippen molar-refractivity contribution in [3.63, 3.8) is 0 Å². The quantitative estimate of drug-likeness (QED) is 0.789. The first-order valence-electron chi connectivity index (χ1n) is 7.13. The van der Waals surface area contributed by atoms with Crippen LogP contribution >= 0.6 is 23.2 Å². The van der Waals surface area contributed by atoms with Crippen molar-refractivity contribution in [1.29, 1.82) is 0 Å². The van der Waals surface area contributed by atoms with Crippen molar-refractivity contribution in [2.75, 3.05) is 6.61 Å². The number of benzene rings is 2. The van der Waals surface area contributed by atoms with Crippen LogP contribution in [0.5, 0.6) is 11.5 Å². The normalized spacial score (nSPS) is 11.8. The van der Waals surface area contributed by atoms with Gasteiger partial charge in [-0.05, 0) is 49.2 Å². The van der Waals surface area contributed by atoms with Crippen LogP contribution in [0.25, 0.3) is 0 Å². The van der Waals surface area contributed by atoms with E-state index in [1.165, 1.54) is 0 Å². The second-order valence-corrected chi connectivity index (χ2v) is 5.73. The molecule has 2 rings (SSSR count). The summed E-state index contributed by atoms with van der Waals surface area (Å²) in [6.07, 6.45) is 0.404. The van der Waals surface area contributed by atoms with Crippen molar-refractivity contribution >= 4 is 29.2 Å². The first-order chi connectivity index (χ1) is 11.0. The molecule has 0 radical (unpaired) electrons. The molecule has 0 spiro atoms. The molecule has 0 aromatic heterocycles. The number of hydrogen-bond donors (Lipinski definition) is 1. The minimum Gasteiger partial charge on any atom is -0.465 e. The molecule has 6 heteroatoms. The number of nitrogens with two attached hydrogens (primary N) is 1. The lowest BCUT2D eigenvalue weighted by Crippen LogP contribution is -2.34. The van der Waals surface area contributed by atoms with Crippen LogP contribution in [0, 0.1) is 0 Å². The maximum absolute atomic E-state index is 11.5. The Hall–Kier alpha value is -1.75. The molecule has 0 heterocycles. The van der Waals surface area contributed by atoms with Gasteiger partial charge in [-0.25, -0.2) is 0 Å². The van der Waals surface area contributed by atoms with E-state index < -0.39 is 12.0 Å². The summed E-state index contributed by atoms with van der Waals surface area (Å²) in [6.45, 7) is 2.07. The fourth-order valence-electron chi connectivity index (χ4n) is 1.97. The largest absolute Gasteiger partial charge is 0.465 e. The van der Waals surface area contributed by atoms with Crippen LogP contribution in [-0.2, 0) is 16.0 Å². The Morgan fingerprint density at radius 3 is 2.48 bits per heavy atom. The van der Waals surface area contributed by atoms with Crippen molar-refractivity contribution in [1.82, 2.24) is 0 Å². The summed E-state index contributed by atoms with van der Waals surface area (Å²) in [5.74, 6) is 0.746. The van der Waals surface area contributed by atoms with Crippen LogP contribution in [0.15, 0.2) is 42.5 Å². The smallest absolute Gasteiger partial charge is 0.323 e. The van der Waals surface area contributed by atoms with Gasteiger partial charge in [-0.15, -0.1) is 0 Å². The van der Waals surface area contributed by atoms with Gasteiger partial charge in [0, 0.05) is 5.02 Å². The summed E-state index contributed by atoms with van der Waals surface area (Å²) >= 11 is 11.9. The first kappa shape index (κ1) is 17.6. The maximum atomic E-state index is 11.5. The topological polar surface area (TPSA) is 61.5 Å². The Kier molecular flexibility index (Phi) is 6.28. The molecule has 0 amide bonds. The zero-order valence-corrected chi connectivity index (χ0v) is 14.1. The number of rotatable bonds is 6. The predicted molar refractivity (Wildman–Crippen MR) is 91.3 cm³/mol. The van der Waals surface area contributed by atoms with E-state index >= 15 is 0 Å². The van der Waals surface area contributed by atoms with Crippen LogP contribution in [0.4, 0.5) is 0 Å². The SMILES string of the molecule is CCOC(=O)C(N)Cc1ccc(Oc2ccc(Cl)cc2Cl)cc1. The molecule has 0 aliphatic rings. The Morgan fingerprint density at radius 2 is 1.87 bits per heavy atom. The molecule has 2 N–H and O–H groups in total. The van der Waals surface area contributed by atoms with Crippen LogP contribution < -0.4 is 10.5 Å². The highest BCUT2D eigenvalue weighted by atomic mass is 35.5. The molecular weight excluding hydrogens is 337 g/mol. The summed E-state index contributed by atoms with van der Waals surface area (Å²) in [5, 5.41) is 0.983. The Bertz CT molecular complexity index is 674. The van der Waals surface area contributed by atoms with Gasteiger partial charge in [-0.2, -0.15) is 0 Å². The molecular formula is C17H17Cl2NO3. The Morgan fingerprint density at radius 1 is 1.17 bits per heavy atom. The standard InChI is InChI=1S/C17H17Cl2NO3/c1-2-22-17(21)15(20)9-11-3-6-13(7-4-11)23-16-8-5-12(18)10-14(16)19/h3-8,10,15H,2,9,20H2,1H3. The monoisotopic (exact) mass is 353 g/mol. The van der Waals surface area contributed by atoms with E-state index in [0.717, 1.165) is 5.56 Å². The van der Waals surface area contributed by atoms with Crippen molar-refractivity contribution in [3.8, 4) is 11.5 Å². The van der Waals surface area contributed by atoms with Crippen LogP contribution in [-0.4, -0.2) is 18.6 Å². The van der Waals surface area contributed by atoms with Gasteiger partial charge in [0.2, 0.25) is 0 Å². The van der Waals surface area contributed by atoms with Gasteiger partial charge >= 0.3 is 5.97 Å². The Labute approximate surface area is 145 Å². The van der Waals surface area contributed by atoms with Gasteiger partial charge in [0.25, 0.3) is 0 Å². The second kappa shape index (κ2) is 8.20. The predicted octanol–water partition coefficient (Wildman–Crippen LogP) is 4.22. The summed E-state index contributed by atoms with van der Waals surface area (Å²) in [7, 11) is 0. The lowest BCUT2D eigenvalue weighted by molar-refractivity contribution is -0.144. The van der Waals surface area contributed by atoms with Crippen LogP contribution in [0.3, 0.4) is 0 Å². The fraction of sp³-hybridized carbons (Fsp3) is 0.235.